The molecule has 0 aromatic heterocycles. The topological polar surface area (TPSA) is 58.6 Å². The highest BCUT2D eigenvalue weighted by atomic mass is 19.1. The molecule has 5 nitrogen and oxygen atoms in total. The Balaban J connectivity index is 1.31. The quantitative estimate of drug-likeness (QED) is 0.664. The van der Waals surface area contributed by atoms with Crippen molar-refractivity contribution in [3.05, 3.63) is 65.5 Å². The predicted octanol–water partition coefficient (Wildman–Crippen LogP) is 3.75. The van der Waals surface area contributed by atoms with Gasteiger partial charge in [-0.2, -0.15) is 0 Å². The fraction of sp³-hybridized carbons (Fsp3) is 0.440. The molecule has 2 amide bonds. The molecular weight excluding hydrogens is 395 g/mol. The first kappa shape index (κ1) is 22.8. The molecule has 2 aromatic rings. The number of methoxy groups -OCH3 is 1. The third-order valence-corrected chi connectivity index (χ3v) is 5.85. The van der Waals surface area contributed by atoms with Crippen molar-refractivity contribution >= 4 is 11.8 Å². The van der Waals surface area contributed by atoms with Gasteiger partial charge in [0.15, 0.2) is 0 Å². The summed E-state index contributed by atoms with van der Waals surface area (Å²) in [7, 11) is 1.64. The summed E-state index contributed by atoms with van der Waals surface area (Å²) in [6.07, 6.45) is 3.92. The van der Waals surface area contributed by atoms with Crippen LogP contribution in [0, 0.1) is 11.7 Å². The van der Waals surface area contributed by atoms with E-state index in [4.69, 9.17) is 4.74 Å². The number of hydrogen-bond acceptors (Lipinski definition) is 3. The van der Waals surface area contributed by atoms with Crippen molar-refractivity contribution in [3.8, 4) is 5.75 Å². The van der Waals surface area contributed by atoms with Crippen LogP contribution in [-0.4, -0.2) is 43.5 Å². The first-order valence-corrected chi connectivity index (χ1v) is 11.0. The number of ether oxygens (including phenoxy) is 1. The highest BCUT2D eigenvalue weighted by molar-refractivity contribution is 5.77. The molecule has 31 heavy (non-hydrogen) atoms. The highest BCUT2D eigenvalue weighted by Crippen LogP contribution is 2.21. The van der Waals surface area contributed by atoms with Gasteiger partial charge in [0.1, 0.15) is 11.6 Å². The van der Waals surface area contributed by atoms with Crippen LogP contribution in [0.15, 0.2) is 48.5 Å². The first-order chi connectivity index (χ1) is 15.0. The van der Waals surface area contributed by atoms with Crippen LogP contribution < -0.4 is 10.1 Å². The zero-order chi connectivity index (χ0) is 22.1. The van der Waals surface area contributed by atoms with Crippen molar-refractivity contribution < 1.29 is 18.7 Å². The molecule has 1 aliphatic rings. The van der Waals surface area contributed by atoms with E-state index in [-0.39, 0.29) is 17.6 Å². The van der Waals surface area contributed by atoms with E-state index in [0.29, 0.717) is 44.8 Å². The number of halogens is 1. The maximum Gasteiger partial charge on any atom is 0.222 e. The van der Waals surface area contributed by atoms with Gasteiger partial charge in [0.25, 0.3) is 0 Å². The Hall–Kier alpha value is -2.89. The van der Waals surface area contributed by atoms with E-state index in [1.807, 2.05) is 35.2 Å². The monoisotopic (exact) mass is 426 g/mol. The molecule has 2 aromatic carbocycles. The van der Waals surface area contributed by atoms with Gasteiger partial charge in [-0.05, 0) is 67.0 Å². The molecule has 0 atom stereocenters. The van der Waals surface area contributed by atoms with Crippen molar-refractivity contribution in [2.45, 2.75) is 38.5 Å². The number of piperidine rings is 1. The number of carbonyl (C=O) groups is 2. The van der Waals surface area contributed by atoms with Crippen molar-refractivity contribution in [2.24, 2.45) is 5.92 Å². The van der Waals surface area contributed by atoms with E-state index in [1.54, 1.807) is 13.2 Å². The summed E-state index contributed by atoms with van der Waals surface area (Å²) in [5.74, 6) is 1.05. The molecule has 166 valence electrons. The Morgan fingerprint density at radius 1 is 1.06 bits per heavy atom. The number of carbonyl (C=O) groups excluding carboxylic acids is 2. The van der Waals surface area contributed by atoms with Gasteiger partial charge < -0.3 is 15.0 Å². The molecule has 3 rings (SSSR count). The van der Waals surface area contributed by atoms with Crippen LogP contribution in [0.5, 0.6) is 5.75 Å². The Bertz CT molecular complexity index is 861. The molecule has 6 heteroatoms. The molecule has 0 unspecified atom stereocenters. The van der Waals surface area contributed by atoms with Gasteiger partial charge in [-0.1, -0.05) is 24.3 Å². The third-order valence-electron chi connectivity index (χ3n) is 5.85. The summed E-state index contributed by atoms with van der Waals surface area (Å²) < 4.78 is 18.4. The van der Waals surface area contributed by atoms with E-state index in [0.717, 1.165) is 36.1 Å². The number of hydrogen-bond donors (Lipinski definition) is 1. The fourth-order valence-corrected chi connectivity index (χ4v) is 3.96. The van der Waals surface area contributed by atoms with Gasteiger partial charge in [-0.15, -0.1) is 0 Å². The number of likely N-dealkylation sites (tertiary alicyclic amines) is 1. The van der Waals surface area contributed by atoms with Gasteiger partial charge in [-0.25, -0.2) is 4.39 Å². The maximum absolute atomic E-state index is 13.3. The van der Waals surface area contributed by atoms with Crippen LogP contribution >= 0.6 is 0 Å². The van der Waals surface area contributed by atoms with Crippen molar-refractivity contribution in [1.29, 1.82) is 0 Å². The van der Waals surface area contributed by atoms with Gasteiger partial charge in [-0.3, -0.25) is 9.59 Å². The third kappa shape index (κ3) is 7.39. The lowest BCUT2D eigenvalue weighted by Gasteiger charge is -2.32. The van der Waals surface area contributed by atoms with E-state index >= 15 is 0 Å². The van der Waals surface area contributed by atoms with Crippen LogP contribution in [0.25, 0.3) is 0 Å². The number of aryl methyl sites for hydroxylation is 1. The SMILES string of the molecule is COc1ccc(CCNC(=O)CC2CCN(C(=O)CCc3cccc(F)c3)CC2)cc1. The van der Waals surface area contributed by atoms with Crippen LogP contribution in [0.3, 0.4) is 0 Å². The van der Waals surface area contributed by atoms with E-state index < -0.39 is 0 Å². The molecule has 0 bridgehead atoms. The first-order valence-electron chi connectivity index (χ1n) is 11.0. The van der Waals surface area contributed by atoms with E-state index in [1.165, 1.54) is 12.1 Å². The van der Waals surface area contributed by atoms with Crippen molar-refractivity contribution in [3.63, 3.8) is 0 Å². The van der Waals surface area contributed by atoms with E-state index in [2.05, 4.69) is 5.32 Å². The molecule has 1 aliphatic heterocycles. The zero-order valence-electron chi connectivity index (χ0n) is 18.1. The molecule has 0 spiro atoms. The van der Waals surface area contributed by atoms with Crippen LogP contribution in [-0.2, 0) is 22.4 Å². The lowest BCUT2D eigenvalue weighted by molar-refractivity contribution is -0.132. The Labute approximate surface area is 183 Å². The highest BCUT2D eigenvalue weighted by Gasteiger charge is 2.24. The molecule has 0 aliphatic carbocycles. The minimum atomic E-state index is -0.270. The van der Waals surface area contributed by atoms with Gasteiger partial charge in [0.2, 0.25) is 11.8 Å². The second-order valence-electron chi connectivity index (χ2n) is 8.11. The Morgan fingerprint density at radius 3 is 2.48 bits per heavy atom. The second kappa shape index (κ2) is 11.5. The Kier molecular flexibility index (Phi) is 8.44. The van der Waals surface area contributed by atoms with Gasteiger partial charge in [0, 0.05) is 32.5 Å². The molecule has 1 fully saturated rings. The standard InChI is InChI=1S/C25H31FN2O3/c1-31-23-8-5-19(6-9-23)11-14-27-24(29)18-21-12-15-28(16-13-21)25(30)10-7-20-3-2-4-22(26)17-20/h2-6,8-9,17,21H,7,10-16,18H2,1H3,(H,27,29). The molecule has 1 saturated heterocycles. The number of benzene rings is 2. The summed E-state index contributed by atoms with van der Waals surface area (Å²) >= 11 is 0. The number of rotatable bonds is 9. The average Bonchev–Trinajstić information content (AvgIpc) is 2.78. The lowest BCUT2D eigenvalue weighted by Crippen LogP contribution is -2.39. The minimum absolute atomic E-state index is 0.0735. The van der Waals surface area contributed by atoms with Gasteiger partial charge in [0.05, 0.1) is 7.11 Å². The smallest absolute Gasteiger partial charge is 0.222 e. The molecular formula is C25H31FN2O3. The Morgan fingerprint density at radius 2 is 1.81 bits per heavy atom. The fourth-order valence-electron chi connectivity index (χ4n) is 3.96. The summed E-state index contributed by atoms with van der Waals surface area (Å²) in [5.41, 5.74) is 2.00. The predicted molar refractivity (Wildman–Crippen MR) is 118 cm³/mol. The normalized spacial score (nSPS) is 14.3. The summed E-state index contributed by atoms with van der Waals surface area (Å²) in [6.45, 7) is 1.99. The van der Waals surface area contributed by atoms with E-state index in [9.17, 15) is 14.0 Å². The number of nitrogens with one attached hydrogen (secondary N) is 1. The second-order valence-corrected chi connectivity index (χ2v) is 8.11. The van der Waals surface area contributed by atoms with Crippen molar-refractivity contribution in [1.82, 2.24) is 10.2 Å². The zero-order valence-corrected chi connectivity index (χ0v) is 18.1. The molecule has 1 N–H and O–H groups in total. The molecule has 0 saturated carbocycles. The average molecular weight is 427 g/mol. The van der Waals surface area contributed by atoms with Gasteiger partial charge >= 0.3 is 0 Å². The maximum atomic E-state index is 13.3. The lowest BCUT2D eigenvalue weighted by atomic mass is 9.93. The van der Waals surface area contributed by atoms with Crippen LogP contribution in [0.4, 0.5) is 4.39 Å². The molecule has 1 heterocycles. The minimum Gasteiger partial charge on any atom is -0.497 e. The van der Waals surface area contributed by atoms with Crippen molar-refractivity contribution in [2.75, 3.05) is 26.7 Å². The number of amides is 2. The summed E-state index contributed by atoms with van der Waals surface area (Å²) in [4.78, 5) is 26.6. The largest absolute Gasteiger partial charge is 0.497 e. The van der Waals surface area contributed by atoms with Crippen LogP contribution in [0.1, 0.15) is 36.8 Å². The number of nitrogens with zero attached hydrogens (tertiary/aromatic N) is 1. The summed E-state index contributed by atoms with van der Waals surface area (Å²) in [6, 6.07) is 14.3. The molecule has 0 radical (unpaired) electrons. The van der Waals surface area contributed by atoms with Crippen LogP contribution in [0.2, 0.25) is 0 Å². The summed E-state index contributed by atoms with van der Waals surface area (Å²) in [5, 5.41) is 3.00.